The van der Waals surface area contributed by atoms with Crippen LogP contribution in [0.5, 0.6) is 0 Å². The van der Waals surface area contributed by atoms with Crippen molar-refractivity contribution >= 4 is 5.91 Å². The highest BCUT2D eigenvalue weighted by molar-refractivity contribution is 5.78. The maximum atomic E-state index is 12.0. The van der Waals surface area contributed by atoms with Gasteiger partial charge in [0.15, 0.2) is 5.76 Å². The number of amides is 1. The van der Waals surface area contributed by atoms with Crippen molar-refractivity contribution in [2.24, 2.45) is 7.05 Å². The molecule has 0 saturated carbocycles. The van der Waals surface area contributed by atoms with E-state index in [9.17, 15) is 4.79 Å². The number of nitrogens with zero attached hydrogens (tertiary/aromatic N) is 4. The molecule has 0 saturated heterocycles. The second-order valence-electron chi connectivity index (χ2n) is 4.75. The summed E-state index contributed by atoms with van der Waals surface area (Å²) in [6.45, 7) is 2.09. The number of hydrogen-bond acceptors (Lipinski definition) is 6. The van der Waals surface area contributed by atoms with Gasteiger partial charge < -0.3 is 14.2 Å². The molecule has 0 unspecified atom stereocenters. The molecule has 22 heavy (non-hydrogen) atoms. The van der Waals surface area contributed by atoms with Crippen molar-refractivity contribution in [2.45, 2.75) is 19.9 Å². The molecule has 1 N–H and O–H groups in total. The molecule has 3 aromatic heterocycles. The molecule has 114 valence electrons. The van der Waals surface area contributed by atoms with Gasteiger partial charge in [0.05, 0.1) is 24.9 Å². The molecule has 0 aliphatic rings. The second kappa shape index (κ2) is 5.84. The largest absolute Gasteiger partial charge is 0.459 e. The third kappa shape index (κ3) is 2.90. The predicted molar refractivity (Wildman–Crippen MR) is 75.5 cm³/mol. The molecule has 0 aliphatic heterocycles. The fourth-order valence-electron chi connectivity index (χ4n) is 1.97. The summed E-state index contributed by atoms with van der Waals surface area (Å²) >= 11 is 0. The minimum absolute atomic E-state index is 0.133. The Morgan fingerprint density at radius 3 is 3.00 bits per heavy atom. The van der Waals surface area contributed by atoms with Crippen molar-refractivity contribution in [1.82, 2.24) is 25.1 Å². The highest BCUT2D eigenvalue weighted by Gasteiger charge is 2.16. The third-order valence-electron chi connectivity index (χ3n) is 3.20. The Hall–Kier alpha value is -2.90. The van der Waals surface area contributed by atoms with Crippen LogP contribution in [-0.4, -0.2) is 25.7 Å². The molecule has 1 amide bonds. The lowest BCUT2D eigenvalue weighted by Gasteiger charge is -2.03. The van der Waals surface area contributed by atoms with E-state index < -0.39 is 0 Å². The first-order chi connectivity index (χ1) is 10.6. The van der Waals surface area contributed by atoms with Gasteiger partial charge in [-0.1, -0.05) is 0 Å². The van der Waals surface area contributed by atoms with Crippen LogP contribution in [0.2, 0.25) is 0 Å². The van der Waals surface area contributed by atoms with Gasteiger partial charge in [-0.2, -0.15) is 5.10 Å². The monoisotopic (exact) mass is 301 g/mol. The molecular weight excluding hydrogens is 286 g/mol. The lowest BCUT2D eigenvalue weighted by atomic mass is 10.2. The summed E-state index contributed by atoms with van der Waals surface area (Å²) in [5, 5.41) is 6.72. The van der Waals surface area contributed by atoms with Crippen LogP contribution in [0.15, 0.2) is 33.6 Å². The van der Waals surface area contributed by atoms with Gasteiger partial charge in [0.2, 0.25) is 5.91 Å². The van der Waals surface area contributed by atoms with Crippen LogP contribution in [0.25, 0.3) is 11.7 Å². The van der Waals surface area contributed by atoms with Crippen molar-refractivity contribution in [3.05, 3.63) is 42.0 Å². The Kier molecular flexibility index (Phi) is 3.73. The molecule has 0 fully saturated rings. The van der Waals surface area contributed by atoms with E-state index in [1.807, 2.05) is 0 Å². The summed E-state index contributed by atoms with van der Waals surface area (Å²) in [5.41, 5.74) is 0.585. The number of nitrogens with one attached hydrogen (secondary N) is 1. The summed E-state index contributed by atoms with van der Waals surface area (Å²) in [5.74, 6) is 2.03. The molecule has 0 aliphatic carbocycles. The average molecular weight is 301 g/mol. The Bertz CT molecular complexity index is 772. The van der Waals surface area contributed by atoms with Crippen LogP contribution in [0, 0.1) is 6.92 Å². The quantitative estimate of drug-likeness (QED) is 0.761. The number of oxazole rings is 1. The molecule has 3 heterocycles. The SMILES string of the molecule is Cc1oc(-c2ccco2)nc1CC(=O)NCc1ncnn1C. The third-order valence-corrected chi connectivity index (χ3v) is 3.20. The van der Waals surface area contributed by atoms with Crippen LogP contribution in [0.1, 0.15) is 17.3 Å². The lowest BCUT2D eigenvalue weighted by Crippen LogP contribution is -2.26. The van der Waals surface area contributed by atoms with E-state index in [-0.39, 0.29) is 12.3 Å². The van der Waals surface area contributed by atoms with E-state index in [0.29, 0.717) is 35.5 Å². The minimum atomic E-state index is -0.162. The van der Waals surface area contributed by atoms with E-state index in [2.05, 4.69) is 20.4 Å². The van der Waals surface area contributed by atoms with E-state index in [1.54, 1.807) is 37.0 Å². The maximum Gasteiger partial charge on any atom is 0.263 e. The van der Waals surface area contributed by atoms with Crippen LogP contribution >= 0.6 is 0 Å². The van der Waals surface area contributed by atoms with Gasteiger partial charge in [-0.05, 0) is 19.1 Å². The van der Waals surface area contributed by atoms with Crippen molar-refractivity contribution in [1.29, 1.82) is 0 Å². The van der Waals surface area contributed by atoms with Gasteiger partial charge in [-0.15, -0.1) is 0 Å². The van der Waals surface area contributed by atoms with Crippen molar-refractivity contribution < 1.29 is 13.6 Å². The topological polar surface area (TPSA) is 99.0 Å². The Morgan fingerprint density at radius 1 is 1.45 bits per heavy atom. The zero-order chi connectivity index (χ0) is 15.5. The highest BCUT2D eigenvalue weighted by Crippen LogP contribution is 2.22. The van der Waals surface area contributed by atoms with Crippen LogP contribution in [-0.2, 0) is 24.8 Å². The number of hydrogen-bond donors (Lipinski definition) is 1. The number of furan rings is 1. The average Bonchev–Trinajstić information content (AvgIpc) is 3.19. The Morgan fingerprint density at radius 2 is 2.32 bits per heavy atom. The summed E-state index contributed by atoms with van der Waals surface area (Å²) in [4.78, 5) is 20.3. The van der Waals surface area contributed by atoms with Crippen molar-refractivity contribution in [2.75, 3.05) is 0 Å². The summed E-state index contributed by atoms with van der Waals surface area (Å²) in [6.07, 6.45) is 3.12. The van der Waals surface area contributed by atoms with Crippen molar-refractivity contribution in [3.8, 4) is 11.7 Å². The first-order valence-electron chi connectivity index (χ1n) is 6.73. The van der Waals surface area contributed by atoms with E-state index in [4.69, 9.17) is 8.83 Å². The van der Waals surface area contributed by atoms with Gasteiger partial charge in [0.25, 0.3) is 5.89 Å². The summed E-state index contributed by atoms with van der Waals surface area (Å²) < 4.78 is 12.4. The molecule has 3 aromatic rings. The van der Waals surface area contributed by atoms with Crippen LogP contribution < -0.4 is 5.32 Å². The van der Waals surface area contributed by atoms with E-state index >= 15 is 0 Å². The van der Waals surface area contributed by atoms with Gasteiger partial charge in [0, 0.05) is 7.05 Å². The van der Waals surface area contributed by atoms with Gasteiger partial charge in [-0.25, -0.2) is 9.97 Å². The molecular formula is C14H15N5O3. The second-order valence-corrected chi connectivity index (χ2v) is 4.75. The van der Waals surface area contributed by atoms with Gasteiger partial charge in [0.1, 0.15) is 17.9 Å². The lowest BCUT2D eigenvalue weighted by molar-refractivity contribution is -0.120. The number of aromatic nitrogens is 4. The minimum Gasteiger partial charge on any atom is -0.459 e. The molecule has 8 heteroatoms. The molecule has 0 atom stereocenters. The Labute approximate surface area is 126 Å². The van der Waals surface area contributed by atoms with Crippen molar-refractivity contribution in [3.63, 3.8) is 0 Å². The number of aryl methyl sites for hydroxylation is 2. The fraction of sp³-hybridized carbons (Fsp3) is 0.286. The van der Waals surface area contributed by atoms with Gasteiger partial charge >= 0.3 is 0 Å². The zero-order valence-electron chi connectivity index (χ0n) is 12.2. The standard InChI is InChI=1S/C14H15N5O3/c1-9-10(18-14(22-9)11-4-3-5-21-11)6-13(20)15-7-12-16-8-17-19(12)2/h3-5,8H,6-7H2,1-2H3,(H,15,20). The summed E-state index contributed by atoms with van der Waals surface area (Å²) in [6, 6.07) is 3.51. The maximum absolute atomic E-state index is 12.0. The molecule has 3 rings (SSSR count). The molecule has 0 bridgehead atoms. The van der Waals surface area contributed by atoms with Gasteiger partial charge in [-0.3, -0.25) is 9.48 Å². The first-order valence-corrected chi connectivity index (χ1v) is 6.73. The number of rotatable bonds is 5. The van der Waals surface area contributed by atoms with E-state index in [1.165, 1.54) is 6.33 Å². The Balaban J connectivity index is 1.63. The highest BCUT2D eigenvalue weighted by atomic mass is 16.4. The zero-order valence-corrected chi connectivity index (χ0v) is 12.2. The smallest absolute Gasteiger partial charge is 0.263 e. The van der Waals surface area contributed by atoms with Crippen LogP contribution in [0.3, 0.4) is 0 Å². The number of carbonyl (C=O) groups is 1. The van der Waals surface area contributed by atoms with E-state index in [0.717, 1.165) is 0 Å². The normalized spacial score (nSPS) is 10.8. The first kappa shape index (κ1) is 14.1. The number of carbonyl (C=O) groups excluding carboxylic acids is 1. The molecule has 0 aromatic carbocycles. The molecule has 8 nitrogen and oxygen atoms in total. The molecule has 0 radical (unpaired) electrons. The fourth-order valence-corrected chi connectivity index (χ4v) is 1.97. The van der Waals surface area contributed by atoms with Crippen LogP contribution in [0.4, 0.5) is 0 Å². The molecule has 0 spiro atoms. The predicted octanol–water partition coefficient (Wildman–Crippen LogP) is 1.23. The summed E-state index contributed by atoms with van der Waals surface area (Å²) in [7, 11) is 1.77.